The molecular formula is C14H17N3OS. The molecule has 0 saturated heterocycles. The summed E-state index contributed by atoms with van der Waals surface area (Å²) >= 11 is 1.53. The van der Waals surface area contributed by atoms with E-state index >= 15 is 0 Å². The molecule has 1 aromatic heterocycles. The minimum Gasteiger partial charge on any atom is -0.399 e. The normalized spacial score (nSPS) is 11.3. The van der Waals surface area contributed by atoms with E-state index in [4.69, 9.17) is 5.73 Å². The Morgan fingerprint density at radius 2 is 2.16 bits per heavy atom. The first-order valence-corrected chi connectivity index (χ1v) is 6.87. The van der Waals surface area contributed by atoms with E-state index in [0.29, 0.717) is 11.3 Å². The molecule has 0 radical (unpaired) electrons. The molecule has 0 spiro atoms. The second kappa shape index (κ2) is 5.01. The molecule has 4 nitrogen and oxygen atoms in total. The molecule has 0 saturated carbocycles. The number of nitrogen functional groups attached to an aromatic ring is 1. The van der Waals surface area contributed by atoms with Crippen molar-refractivity contribution in [2.45, 2.75) is 26.3 Å². The fraction of sp³-hybridized carbons (Fsp3) is 0.286. The van der Waals surface area contributed by atoms with Crippen LogP contribution in [0, 0.1) is 6.92 Å². The number of anilines is 1. The van der Waals surface area contributed by atoms with Gasteiger partial charge in [0.1, 0.15) is 5.01 Å². The van der Waals surface area contributed by atoms with Crippen molar-refractivity contribution in [1.82, 2.24) is 10.3 Å². The molecule has 1 amide bonds. The van der Waals surface area contributed by atoms with Gasteiger partial charge in [-0.05, 0) is 44.5 Å². The zero-order valence-corrected chi connectivity index (χ0v) is 12.0. The van der Waals surface area contributed by atoms with Crippen molar-refractivity contribution in [1.29, 1.82) is 0 Å². The Labute approximate surface area is 116 Å². The fourth-order valence-corrected chi connectivity index (χ4v) is 2.60. The quantitative estimate of drug-likeness (QED) is 0.846. The first-order valence-electron chi connectivity index (χ1n) is 5.99. The summed E-state index contributed by atoms with van der Waals surface area (Å²) in [4.78, 5) is 16.6. The number of carbonyl (C=O) groups is 1. The average molecular weight is 275 g/mol. The molecule has 0 aliphatic carbocycles. The summed E-state index contributed by atoms with van der Waals surface area (Å²) in [5.41, 5.74) is 7.37. The van der Waals surface area contributed by atoms with Crippen molar-refractivity contribution < 1.29 is 4.79 Å². The Morgan fingerprint density at radius 1 is 1.42 bits per heavy atom. The number of nitrogens with two attached hydrogens (primary N) is 1. The van der Waals surface area contributed by atoms with Crippen LogP contribution in [0.5, 0.6) is 0 Å². The van der Waals surface area contributed by atoms with Gasteiger partial charge in [-0.25, -0.2) is 4.98 Å². The first-order chi connectivity index (χ1) is 8.90. The highest BCUT2D eigenvalue weighted by atomic mass is 32.1. The molecule has 0 fully saturated rings. The summed E-state index contributed by atoms with van der Waals surface area (Å²) in [6.45, 7) is 5.76. The third-order valence-corrected chi connectivity index (χ3v) is 3.98. The number of amides is 1. The molecule has 0 bridgehead atoms. The predicted molar refractivity (Wildman–Crippen MR) is 78.2 cm³/mol. The lowest BCUT2D eigenvalue weighted by atomic mass is 10.0. The number of rotatable bonds is 3. The summed E-state index contributed by atoms with van der Waals surface area (Å²) in [6, 6.07) is 5.28. The first kappa shape index (κ1) is 13.5. The molecule has 5 heteroatoms. The van der Waals surface area contributed by atoms with Crippen LogP contribution in [0.4, 0.5) is 5.69 Å². The van der Waals surface area contributed by atoms with Crippen LogP contribution < -0.4 is 11.1 Å². The molecule has 2 rings (SSSR count). The summed E-state index contributed by atoms with van der Waals surface area (Å²) in [7, 11) is 0. The van der Waals surface area contributed by atoms with Crippen molar-refractivity contribution in [3.63, 3.8) is 0 Å². The van der Waals surface area contributed by atoms with Gasteiger partial charge in [0.05, 0.1) is 5.54 Å². The van der Waals surface area contributed by atoms with Crippen LogP contribution in [0.1, 0.15) is 34.8 Å². The maximum atomic E-state index is 12.3. The molecule has 3 N–H and O–H groups in total. The van der Waals surface area contributed by atoms with E-state index < -0.39 is 5.54 Å². The van der Waals surface area contributed by atoms with Gasteiger partial charge in [-0.3, -0.25) is 4.79 Å². The summed E-state index contributed by atoms with van der Waals surface area (Å²) in [6.07, 6.45) is 1.74. The topological polar surface area (TPSA) is 68.0 Å². The number of hydrogen-bond acceptors (Lipinski definition) is 4. The molecule has 1 aromatic carbocycles. The molecule has 19 heavy (non-hydrogen) atoms. The maximum Gasteiger partial charge on any atom is 0.252 e. The van der Waals surface area contributed by atoms with Crippen molar-refractivity contribution in [2.24, 2.45) is 0 Å². The summed E-state index contributed by atoms with van der Waals surface area (Å²) in [5, 5.41) is 5.79. The van der Waals surface area contributed by atoms with Gasteiger partial charge in [0.2, 0.25) is 0 Å². The SMILES string of the molecule is Cc1cc(N)ccc1C(=O)NC(C)(C)c1nccs1. The van der Waals surface area contributed by atoms with Crippen molar-refractivity contribution in [3.8, 4) is 0 Å². The maximum absolute atomic E-state index is 12.3. The molecule has 0 aliphatic heterocycles. The number of nitrogens with zero attached hydrogens (tertiary/aromatic N) is 1. The highest BCUT2D eigenvalue weighted by Gasteiger charge is 2.26. The summed E-state index contributed by atoms with van der Waals surface area (Å²) in [5.74, 6) is -0.113. The third kappa shape index (κ3) is 2.93. The van der Waals surface area contributed by atoms with E-state index in [9.17, 15) is 4.79 Å². The van der Waals surface area contributed by atoms with Crippen molar-refractivity contribution >= 4 is 22.9 Å². The highest BCUT2D eigenvalue weighted by Crippen LogP contribution is 2.23. The Bertz CT molecular complexity index is 591. The van der Waals surface area contributed by atoms with Crippen LogP contribution in [0.2, 0.25) is 0 Å². The zero-order valence-electron chi connectivity index (χ0n) is 11.2. The van der Waals surface area contributed by atoms with Crippen molar-refractivity contribution in [2.75, 3.05) is 5.73 Å². The second-order valence-electron chi connectivity index (χ2n) is 4.99. The van der Waals surface area contributed by atoms with E-state index in [-0.39, 0.29) is 5.91 Å². The molecule has 0 unspecified atom stereocenters. The Hall–Kier alpha value is -1.88. The van der Waals surface area contributed by atoms with Gasteiger partial charge in [-0.15, -0.1) is 11.3 Å². The number of carbonyl (C=O) groups excluding carboxylic acids is 1. The van der Waals surface area contributed by atoms with Gasteiger partial charge in [0, 0.05) is 22.8 Å². The Balaban J connectivity index is 2.21. The van der Waals surface area contributed by atoms with Crippen LogP contribution in [0.3, 0.4) is 0 Å². The van der Waals surface area contributed by atoms with Gasteiger partial charge < -0.3 is 11.1 Å². The van der Waals surface area contributed by atoms with Gasteiger partial charge in [-0.2, -0.15) is 0 Å². The van der Waals surface area contributed by atoms with Crippen molar-refractivity contribution in [3.05, 3.63) is 45.9 Å². The smallest absolute Gasteiger partial charge is 0.252 e. The minimum atomic E-state index is -0.487. The minimum absolute atomic E-state index is 0.113. The standard InChI is InChI=1S/C14H17N3OS/c1-9-8-10(15)4-5-11(9)12(18)17-14(2,3)13-16-6-7-19-13/h4-8H,15H2,1-3H3,(H,17,18). The highest BCUT2D eigenvalue weighted by molar-refractivity contribution is 7.09. The lowest BCUT2D eigenvalue weighted by Crippen LogP contribution is -2.41. The van der Waals surface area contributed by atoms with Crippen LogP contribution >= 0.6 is 11.3 Å². The number of hydrogen-bond donors (Lipinski definition) is 2. The number of nitrogens with one attached hydrogen (secondary N) is 1. The fourth-order valence-electron chi connectivity index (χ4n) is 1.88. The predicted octanol–water partition coefficient (Wildman–Crippen LogP) is 2.70. The lowest BCUT2D eigenvalue weighted by Gasteiger charge is -2.24. The van der Waals surface area contributed by atoms with E-state index in [1.807, 2.05) is 26.2 Å². The van der Waals surface area contributed by atoms with E-state index in [1.54, 1.807) is 24.4 Å². The average Bonchev–Trinajstić information content (AvgIpc) is 2.81. The Morgan fingerprint density at radius 3 is 2.74 bits per heavy atom. The number of benzene rings is 1. The second-order valence-corrected chi connectivity index (χ2v) is 5.89. The van der Waals surface area contributed by atoms with E-state index in [1.165, 1.54) is 11.3 Å². The van der Waals surface area contributed by atoms with Crippen LogP contribution in [0.25, 0.3) is 0 Å². The lowest BCUT2D eigenvalue weighted by molar-refractivity contribution is 0.0911. The van der Waals surface area contributed by atoms with Crippen LogP contribution in [-0.2, 0) is 5.54 Å². The van der Waals surface area contributed by atoms with Gasteiger partial charge >= 0.3 is 0 Å². The monoisotopic (exact) mass is 275 g/mol. The van der Waals surface area contributed by atoms with E-state index in [0.717, 1.165) is 10.6 Å². The van der Waals surface area contributed by atoms with Crippen LogP contribution in [0.15, 0.2) is 29.8 Å². The number of thiazole rings is 1. The van der Waals surface area contributed by atoms with Gasteiger partial charge in [0.15, 0.2) is 0 Å². The van der Waals surface area contributed by atoms with E-state index in [2.05, 4.69) is 10.3 Å². The van der Waals surface area contributed by atoms with Gasteiger partial charge in [-0.1, -0.05) is 0 Å². The molecule has 1 heterocycles. The molecule has 100 valence electrons. The summed E-state index contributed by atoms with van der Waals surface area (Å²) < 4.78 is 0. The molecular weight excluding hydrogens is 258 g/mol. The van der Waals surface area contributed by atoms with Crippen LogP contribution in [-0.4, -0.2) is 10.9 Å². The molecule has 0 aliphatic rings. The Kier molecular flexibility index (Phi) is 3.57. The molecule has 2 aromatic rings. The zero-order chi connectivity index (χ0) is 14.0. The number of aryl methyl sites for hydroxylation is 1. The molecule has 0 atom stereocenters. The van der Waals surface area contributed by atoms with Gasteiger partial charge in [0.25, 0.3) is 5.91 Å². The third-order valence-electron chi connectivity index (χ3n) is 2.89. The number of aromatic nitrogens is 1. The largest absolute Gasteiger partial charge is 0.399 e.